The average molecular weight is 406 g/mol. The number of hydrogen-bond acceptors (Lipinski definition) is 5. The van der Waals surface area contributed by atoms with Crippen molar-refractivity contribution in [2.75, 3.05) is 37.7 Å². The summed E-state index contributed by atoms with van der Waals surface area (Å²) in [5.41, 5.74) is 1.27. The molecule has 156 valence electrons. The number of fused-ring (bicyclic) bond motifs is 1. The lowest BCUT2D eigenvalue weighted by Gasteiger charge is -2.29. The Morgan fingerprint density at radius 2 is 1.90 bits per heavy atom. The third-order valence-corrected chi connectivity index (χ3v) is 5.49. The van der Waals surface area contributed by atoms with Gasteiger partial charge in [-0.1, -0.05) is 6.07 Å². The Kier molecular flexibility index (Phi) is 5.89. The Morgan fingerprint density at radius 3 is 2.69 bits per heavy atom. The first kappa shape index (κ1) is 19.9. The number of hydrogen-bond donors (Lipinski definition) is 0. The fourth-order valence-electron chi connectivity index (χ4n) is 3.91. The third-order valence-electron chi connectivity index (χ3n) is 5.49. The van der Waals surface area contributed by atoms with Crippen LogP contribution in [0.3, 0.4) is 0 Å². The summed E-state index contributed by atoms with van der Waals surface area (Å²) in [4.78, 5) is 13.0. The second-order valence-electron chi connectivity index (χ2n) is 7.58. The number of anilines is 1. The van der Waals surface area contributed by atoms with Gasteiger partial charge in [0.15, 0.2) is 0 Å². The smallest absolute Gasteiger partial charge is 0.416 e. The van der Waals surface area contributed by atoms with Crippen LogP contribution in [0.15, 0.2) is 30.5 Å². The predicted octanol–water partition coefficient (Wildman–Crippen LogP) is 3.92. The highest BCUT2D eigenvalue weighted by molar-refractivity contribution is 5.45. The van der Waals surface area contributed by atoms with E-state index in [1.54, 1.807) is 0 Å². The number of likely N-dealkylation sites (tertiary alicyclic amines) is 1. The Labute approximate surface area is 168 Å². The van der Waals surface area contributed by atoms with E-state index in [2.05, 4.69) is 14.9 Å². The first-order chi connectivity index (χ1) is 14.0. The number of nitrogens with zero attached hydrogens (tertiary/aromatic N) is 4. The molecule has 2 aliphatic rings. The Hall–Kier alpha value is -2.35. The normalized spacial score (nSPS) is 17.4. The molecular formula is C21H25F3N4O. The van der Waals surface area contributed by atoms with Crippen molar-refractivity contribution in [3.05, 3.63) is 47.3 Å². The quantitative estimate of drug-likeness (QED) is 0.680. The van der Waals surface area contributed by atoms with Crippen molar-refractivity contribution in [1.29, 1.82) is 0 Å². The molecule has 5 nitrogen and oxygen atoms in total. The molecule has 8 heteroatoms. The van der Waals surface area contributed by atoms with Gasteiger partial charge in [0.1, 0.15) is 5.82 Å². The second kappa shape index (κ2) is 8.57. The van der Waals surface area contributed by atoms with Crippen LogP contribution in [-0.2, 0) is 19.1 Å². The van der Waals surface area contributed by atoms with Crippen molar-refractivity contribution in [2.45, 2.75) is 38.4 Å². The number of aromatic nitrogens is 2. The molecule has 4 heterocycles. The van der Waals surface area contributed by atoms with Crippen molar-refractivity contribution in [3.63, 3.8) is 0 Å². The van der Waals surface area contributed by atoms with Crippen molar-refractivity contribution in [3.8, 4) is 5.88 Å². The largest absolute Gasteiger partial charge is 0.478 e. The van der Waals surface area contributed by atoms with Gasteiger partial charge in [0.25, 0.3) is 0 Å². The highest BCUT2D eigenvalue weighted by atomic mass is 19.4. The molecule has 0 radical (unpaired) electrons. The van der Waals surface area contributed by atoms with Gasteiger partial charge in [-0.15, -0.1) is 0 Å². The molecule has 0 atom stereocenters. The van der Waals surface area contributed by atoms with Crippen molar-refractivity contribution in [2.24, 2.45) is 0 Å². The fourth-order valence-corrected chi connectivity index (χ4v) is 3.91. The monoisotopic (exact) mass is 406 g/mol. The van der Waals surface area contributed by atoms with Gasteiger partial charge in [-0.2, -0.15) is 13.2 Å². The van der Waals surface area contributed by atoms with E-state index in [4.69, 9.17) is 4.74 Å². The number of alkyl halides is 3. The molecule has 0 bridgehead atoms. The van der Waals surface area contributed by atoms with Gasteiger partial charge in [0, 0.05) is 38.3 Å². The van der Waals surface area contributed by atoms with E-state index in [1.165, 1.54) is 32.1 Å². The van der Waals surface area contributed by atoms with Gasteiger partial charge in [-0.05, 0) is 50.0 Å². The number of rotatable bonds is 6. The van der Waals surface area contributed by atoms with Gasteiger partial charge in [-0.25, -0.2) is 9.97 Å². The van der Waals surface area contributed by atoms with Gasteiger partial charge in [0.05, 0.1) is 17.9 Å². The van der Waals surface area contributed by atoms with E-state index in [0.29, 0.717) is 37.8 Å². The van der Waals surface area contributed by atoms with E-state index in [1.807, 2.05) is 17.0 Å². The van der Waals surface area contributed by atoms with Crippen molar-refractivity contribution >= 4 is 5.82 Å². The predicted molar refractivity (Wildman–Crippen MR) is 104 cm³/mol. The maximum atomic E-state index is 13.0. The molecule has 29 heavy (non-hydrogen) atoms. The third kappa shape index (κ3) is 4.98. The molecule has 2 aliphatic heterocycles. The molecule has 0 aromatic carbocycles. The number of halogens is 3. The first-order valence-corrected chi connectivity index (χ1v) is 10.1. The van der Waals surface area contributed by atoms with Gasteiger partial charge < -0.3 is 14.5 Å². The molecule has 2 aromatic rings. The Bertz CT molecular complexity index is 837. The average Bonchev–Trinajstić information content (AvgIpc) is 3.24. The molecule has 0 saturated carbocycles. The van der Waals surface area contributed by atoms with Gasteiger partial charge in [-0.3, -0.25) is 0 Å². The minimum absolute atomic E-state index is 0.340. The van der Waals surface area contributed by atoms with Gasteiger partial charge >= 0.3 is 6.18 Å². The molecule has 2 aromatic heterocycles. The molecule has 0 aliphatic carbocycles. The van der Waals surface area contributed by atoms with Crippen molar-refractivity contribution in [1.82, 2.24) is 14.9 Å². The van der Waals surface area contributed by atoms with Crippen LogP contribution >= 0.6 is 0 Å². The summed E-state index contributed by atoms with van der Waals surface area (Å²) in [7, 11) is 0. The van der Waals surface area contributed by atoms with Crippen LogP contribution < -0.4 is 9.64 Å². The van der Waals surface area contributed by atoms with E-state index in [-0.39, 0.29) is 0 Å². The zero-order valence-electron chi connectivity index (χ0n) is 16.3. The lowest BCUT2D eigenvalue weighted by atomic mass is 10.1. The lowest BCUT2D eigenvalue weighted by Crippen LogP contribution is -2.31. The van der Waals surface area contributed by atoms with Crippen molar-refractivity contribution < 1.29 is 17.9 Å². The molecule has 0 spiro atoms. The summed E-state index contributed by atoms with van der Waals surface area (Å²) in [5.74, 6) is 0.962. The summed E-state index contributed by atoms with van der Waals surface area (Å²) < 4.78 is 44.7. The number of pyridine rings is 2. The maximum absolute atomic E-state index is 13.0. The van der Waals surface area contributed by atoms with Crippen LogP contribution in [-0.4, -0.2) is 47.7 Å². The highest BCUT2D eigenvalue weighted by Crippen LogP contribution is 2.32. The molecular weight excluding hydrogens is 381 g/mol. The molecule has 0 unspecified atom stereocenters. The SMILES string of the molecule is FC(F)(F)c1ccnc(N2CCc3nc(OCCCN4CCCC4)ccc3C2)c1. The topological polar surface area (TPSA) is 41.5 Å². The van der Waals surface area contributed by atoms with Gasteiger partial charge in [0.2, 0.25) is 5.88 Å². The zero-order chi connectivity index (χ0) is 20.3. The first-order valence-electron chi connectivity index (χ1n) is 10.1. The van der Waals surface area contributed by atoms with Crippen LogP contribution in [0.25, 0.3) is 0 Å². The van der Waals surface area contributed by atoms with Crippen LogP contribution in [0.5, 0.6) is 5.88 Å². The van der Waals surface area contributed by atoms with Crippen LogP contribution in [0.2, 0.25) is 0 Å². The van der Waals surface area contributed by atoms with Crippen LogP contribution in [0.4, 0.5) is 19.0 Å². The Morgan fingerprint density at radius 1 is 1.07 bits per heavy atom. The highest BCUT2D eigenvalue weighted by Gasteiger charge is 2.31. The molecule has 0 amide bonds. The van der Waals surface area contributed by atoms with E-state index >= 15 is 0 Å². The maximum Gasteiger partial charge on any atom is 0.416 e. The van der Waals surface area contributed by atoms with Crippen LogP contribution in [0.1, 0.15) is 36.1 Å². The summed E-state index contributed by atoms with van der Waals surface area (Å²) in [6, 6.07) is 5.90. The number of ether oxygens (including phenoxy) is 1. The molecule has 1 fully saturated rings. The Balaban J connectivity index is 1.34. The standard InChI is InChI=1S/C21H25F3N4O/c22-21(23,24)17-6-8-25-19(14-17)28-12-7-18-16(15-28)4-5-20(26-18)29-13-3-11-27-9-1-2-10-27/h4-6,8,14H,1-3,7,9-13,15H2. The van der Waals surface area contributed by atoms with E-state index in [9.17, 15) is 13.2 Å². The summed E-state index contributed by atoms with van der Waals surface area (Å²) in [5, 5.41) is 0. The van der Waals surface area contributed by atoms with E-state index in [0.717, 1.165) is 36.4 Å². The lowest BCUT2D eigenvalue weighted by molar-refractivity contribution is -0.137. The molecule has 1 saturated heterocycles. The summed E-state index contributed by atoms with van der Waals surface area (Å²) >= 11 is 0. The van der Waals surface area contributed by atoms with E-state index < -0.39 is 11.7 Å². The van der Waals surface area contributed by atoms with Crippen LogP contribution in [0, 0.1) is 0 Å². The fraction of sp³-hybridized carbons (Fsp3) is 0.524. The summed E-state index contributed by atoms with van der Waals surface area (Å²) in [6.07, 6.45) is 1.06. The summed E-state index contributed by atoms with van der Waals surface area (Å²) in [6.45, 7) is 5.15. The molecule has 0 N–H and O–H groups in total. The zero-order valence-corrected chi connectivity index (χ0v) is 16.3. The minimum Gasteiger partial charge on any atom is -0.478 e. The second-order valence-corrected chi connectivity index (χ2v) is 7.58. The minimum atomic E-state index is -4.37. The molecule has 4 rings (SSSR count).